The SMILES string of the molecule is COc1cc2sc(C(=O)CCC(=O)I)nc2c(F)c1OCCCOc1c(OC)cc2sc(C(=O)N(C)CCC(=O)O)nc2c1F. The Hall–Kier alpha value is -3.71. The van der Waals surface area contributed by atoms with Gasteiger partial charge in [0.25, 0.3) is 5.91 Å². The van der Waals surface area contributed by atoms with Crippen molar-refractivity contribution in [1.29, 1.82) is 0 Å². The van der Waals surface area contributed by atoms with Crippen LogP contribution in [0.4, 0.5) is 8.78 Å². The third kappa shape index (κ3) is 7.93. The Morgan fingerprint density at radius 3 is 1.87 bits per heavy atom. The van der Waals surface area contributed by atoms with Gasteiger partial charge in [-0.25, -0.2) is 18.7 Å². The molecule has 45 heavy (non-hydrogen) atoms. The number of halogens is 3. The van der Waals surface area contributed by atoms with Gasteiger partial charge >= 0.3 is 5.97 Å². The van der Waals surface area contributed by atoms with Crippen molar-refractivity contribution < 1.29 is 52.0 Å². The first kappa shape index (κ1) is 34.2. The highest BCUT2D eigenvalue weighted by Gasteiger charge is 2.25. The first-order chi connectivity index (χ1) is 21.4. The molecule has 0 radical (unpaired) electrons. The number of carbonyl (C=O) groups excluding carboxylic acids is 3. The molecule has 0 fully saturated rings. The maximum absolute atomic E-state index is 15.5. The highest BCUT2D eigenvalue weighted by molar-refractivity contribution is 14.1. The molecule has 0 atom stereocenters. The van der Waals surface area contributed by atoms with Crippen LogP contribution < -0.4 is 18.9 Å². The Kier molecular flexibility index (Phi) is 11.4. The van der Waals surface area contributed by atoms with Gasteiger partial charge in [0.05, 0.1) is 43.3 Å². The number of amides is 1. The van der Waals surface area contributed by atoms with Crippen LogP contribution in [-0.2, 0) is 9.59 Å². The van der Waals surface area contributed by atoms with Gasteiger partial charge in [0.1, 0.15) is 11.0 Å². The van der Waals surface area contributed by atoms with E-state index in [1.165, 1.54) is 38.3 Å². The van der Waals surface area contributed by atoms with Gasteiger partial charge in [0.15, 0.2) is 54.2 Å². The van der Waals surface area contributed by atoms with Gasteiger partial charge < -0.3 is 29.0 Å². The zero-order valence-electron chi connectivity index (χ0n) is 24.1. The molecule has 0 spiro atoms. The molecular formula is C28H26F2IN3O9S2. The van der Waals surface area contributed by atoms with Crippen LogP contribution in [0.15, 0.2) is 12.1 Å². The molecule has 2 heterocycles. The van der Waals surface area contributed by atoms with Gasteiger partial charge in [-0.15, -0.1) is 22.7 Å². The van der Waals surface area contributed by atoms with E-state index in [0.717, 1.165) is 22.7 Å². The van der Waals surface area contributed by atoms with Gasteiger partial charge in [-0.3, -0.25) is 19.2 Å². The third-order valence-corrected chi connectivity index (χ3v) is 8.87. The summed E-state index contributed by atoms with van der Waals surface area (Å²) in [4.78, 5) is 56.5. The summed E-state index contributed by atoms with van der Waals surface area (Å²) in [5, 5.41) is 8.91. The second kappa shape index (κ2) is 15.0. The van der Waals surface area contributed by atoms with E-state index < -0.39 is 23.5 Å². The van der Waals surface area contributed by atoms with E-state index in [0.29, 0.717) is 9.40 Å². The normalized spacial score (nSPS) is 11.1. The lowest BCUT2D eigenvalue weighted by Crippen LogP contribution is -2.28. The van der Waals surface area contributed by atoms with Gasteiger partial charge in [-0.05, 0) is 22.6 Å². The van der Waals surface area contributed by atoms with E-state index in [4.69, 9.17) is 24.1 Å². The quantitative estimate of drug-likeness (QED) is 0.0662. The number of nitrogens with zero attached hydrogens (tertiary/aromatic N) is 3. The Morgan fingerprint density at radius 1 is 0.867 bits per heavy atom. The van der Waals surface area contributed by atoms with Crippen LogP contribution in [0.25, 0.3) is 20.4 Å². The molecule has 4 aromatic rings. The zero-order chi connectivity index (χ0) is 32.8. The predicted molar refractivity (Wildman–Crippen MR) is 170 cm³/mol. The molecule has 17 heteroatoms. The average molecular weight is 778 g/mol. The monoisotopic (exact) mass is 777 g/mol. The van der Waals surface area contributed by atoms with E-state index in [1.807, 2.05) is 0 Å². The number of ketones is 1. The van der Waals surface area contributed by atoms with Crippen molar-refractivity contribution in [3.8, 4) is 23.0 Å². The van der Waals surface area contributed by atoms with E-state index >= 15 is 8.78 Å². The Bertz CT molecular complexity index is 1780. The number of Topliss-reactive ketones (excluding diaryl/α,β-unsaturated/α-hetero) is 1. The lowest BCUT2D eigenvalue weighted by atomic mass is 10.2. The predicted octanol–water partition coefficient (Wildman–Crippen LogP) is 5.52. The number of hydrogen-bond acceptors (Lipinski definition) is 12. The van der Waals surface area contributed by atoms with E-state index in [2.05, 4.69) is 9.97 Å². The molecular weight excluding hydrogens is 751 g/mol. The van der Waals surface area contributed by atoms with Crippen LogP contribution in [0.3, 0.4) is 0 Å². The summed E-state index contributed by atoms with van der Waals surface area (Å²) >= 11 is 3.52. The Morgan fingerprint density at radius 2 is 1.38 bits per heavy atom. The highest BCUT2D eigenvalue weighted by atomic mass is 127. The molecule has 0 saturated carbocycles. The largest absolute Gasteiger partial charge is 0.493 e. The van der Waals surface area contributed by atoms with Crippen molar-refractivity contribution in [2.75, 3.05) is 41.0 Å². The first-order valence-electron chi connectivity index (χ1n) is 13.2. The summed E-state index contributed by atoms with van der Waals surface area (Å²) in [5.74, 6) is -3.93. The zero-order valence-corrected chi connectivity index (χ0v) is 27.9. The fraction of sp³-hybridized carbons (Fsp3) is 0.357. The molecule has 1 N–H and O–H groups in total. The molecule has 4 rings (SSSR count). The summed E-state index contributed by atoms with van der Waals surface area (Å²) < 4.78 is 53.2. The van der Waals surface area contributed by atoms with Gasteiger partial charge in [0, 0.05) is 45.0 Å². The molecule has 1 amide bonds. The number of carboxylic acid groups (broad SMARTS) is 1. The van der Waals surface area contributed by atoms with Gasteiger partial charge in [0.2, 0.25) is 0 Å². The average Bonchev–Trinajstić information content (AvgIpc) is 3.64. The number of aromatic nitrogens is 2. The summed E-state index contributed by atoms with van der Waals surface area (Å²) in [6, 6.07) is 2.99. The Labute approximate surface area is 276 Å². The molecule has 12 nitrogen and oxygen atoms in total. The number of hydrogen-bond donors (Lipinski definition) is 1. The number of thiazole rings is 2. The lowest BCUT2D eigenvalue weighted by Gasteiger charge is -2.14. The van der Waals surface area contributed by atoms with Crippen LogP contribution in [0.2, 0.25) is 0 Å². The van der Waals surface area contributed by atoms with E-state index in [9.17, 15) is 19.2 Å². The molecule has 0 bridgehead atoms. The molecule has 0 aliphatic carbocycles. The molecule has 2 aromatic heterocycles. The summed E-state index contributed by atoms with van der Waals surface area (Å²) in [6.07, 6.45) is -0.0441. The maximum Gasteiger partial charge on any atom is 0.305 e. The second-order valence-corrected chi connectivity index (χ2v) is 12.6. The van der Waals surface area contributed by atoms with Crippen molar-refractivity contribution >= 4 is 87.1 Å². The number of benzene rings is 2. The van der Waals surface area contributed by atoms with Crippen LogP contribution in [0.5, 0.6) is 23.0 Å². The number of rotatable bonds is 16. The fourth-order valence-corrected chi connectivity index (χ4v) is 6.23. The summed E-state index contributed by atoms with van der Waals surface area (Å²) in [5.41, 5.74) is -0.172. The lowest BCUT2D eigenvalue weighted by molar-refractivity contribution is -0.137. The smallest absolute Gasteiger partial charge is 0.305 e. The highest BCUT2D eigenvalue weighted by Crippen LogP contribution is 2.40. The van der Waals surface area contributed by atoms with Gasteiger partial charge in [-0.1, -0.05) is 0 Å². The van der Waals surface area contributed by atoms with Crippen molar-refractivity contribution in [2.45, 2.75) is 25.7 Å². The minimum Gasteiger partial charge on any atom is -0.493 e. The number of fused-ring (bicyclic) bond motifs is 2. The molecule has 240 valence electrons. The number of carbonyl (C=O) groups is 4. The number of ether oxygens (including phenoxy) is 4. The van der Waals surface area contributed by atoms with Crippen molar-refractivity contribution in [3.05, 3.63) is 33.8 Å². The van der Waals surface area contributed by atoms with Crippen LogP contribution in [0.1, 0.15) is 45.3 Å². The summed E-state index contributed by atoms with van der Waals surface area (Å²) in [6.45, 7) is -0.164. The fourth-order valence-electron chi connectivity index (χ4n) is 4.01. The Balaban J connectivity index is 1.43. The summed E-state index contributed by atoms with van der Waals surface area (Å²) in [7, 11) is 4.10. The maximum atomic E-state index is 15.5. The number of aliphatic carboxylic acids is 1. The van der Waals surface area contributed by atoms with E-state index in [1.54, 1.807) is 22.6 Å². The van der Waals surface area contributed by atoms with Crippen molar-refractivity contribution in [1.82, 2.24) is 14.9 Å². The van der Waals surface area contributed by atoms with Crippen LogP contribution in [-0.4, -0.2) is 82.4 Å². The number of carboxylic acids is 1. The molecule has 0 aliphatic rings. The molecule has 0 saturated heterocycles. The molecule has 0 aliphatic heterocycles. The van der Waals surface area contributed by atoms with Crippen LogP contribution in [0, 0.1) is 11.6 Å². The number of methoxy groups -OCH3 is 2. The standard InChI is InChI=1S/C28H26F2IN3O9S2/c1-34(8-7-19(37)38)28(39)27-33-23-17(45-27)12-15(41-3)25(21(23)30)43-10-4-9-42-24-14(40-2)11-16-22(20(24)29)32-26(44-16)13(35)5-6-18(31)36/h11-12H,4-10H2,1-3H3,(H,37,38). The van der Waals surface area contributed by atoms with Crippen molar-refractivity contribution in [2.24, 2.45) is 0 Å². The molecule has 2 aromatic carbocycles. The third-order valence-electron chi connectivity index (χ3n) is 6.29. The first-order valence-corrected chi connectivity index (χ1v) is 15.9. The minimum absolute atomic E-state index is 0.0235. The van der Waals surface area contributed by atoms with Gasteiger partial charge in [-0.2, -0.15) is 0 Å². The van der Waals surface area contributed by atoms with E-state index in [-0.39, 0.29) is 99.1 Å². The second-order valence-electron chi connectivity index (χ2n) is 9.37. The topological polar surface area (TPSA) is 154 Å². The molecule has 0 unspecified atom stereocenters. The van der Waals surface area contributed by atoms with Crippen LogP contribution >= 0.6 is 45.3 Å². The van der Waals surface area contributed by atoms with Crippen molar-refractivity contribution in [3.63, 3.8) is 0 Å². The minimum atomic E-state index is -1.06.